The molecule has 1 heterocycles. The van der Waals surface area contributed by atoms with Gasteiger partial charge in [-0.3, -0.25) is 4.98 Å². The van der Waals surface area contributed by atoms with Crippen LogP contribution in [-0.4, -0.2) is 33.1 Å². The largest absolute Gasteiger partial charge is 0.534 e. The number of ether oxygens (including phenoxy) is 2. The van der Waals surface area contributed by atoms with Crippen LogP contribution in [-0.2, 0) is 10.1 Å². The maximum atomic E-state index is 12.5. The van der Waals surface area contributed by atoms with E-state index in [1.165, 1.54) is 20.3 Å². The molecule has 0 spiro atoms. The van der Waals surface area contributed by atoms with Gasteiger partial charge in [0.15, 0.2) is 5.75 Å². The zero-order chi connectivity index (χ0) is 17.4. The van der Waals surface area contributed by atoms with Gasteiger partial charge in [-0.05, 0) is 15.9 Å². The summed E-state index contributed by atoms with van der Waals surface area (Å²) in [5.41, 5.74) is -5.48. The fraction of sp³-hybridized carbons (Fsp3) is 0.250. The molecule has 0 saturated carbocycles. The molecular formula is C12H9BrF3NO5S. The van der Waals surface area contributed by atoms with E-state index in [1.807, 2.05) is 0 Å². The summed E-state index contributed by atoms with van der Waals surface area (Å²) in [4.78, 5) is 3.97. The second-order valence-corrected chi connectivity index (χ2v) is 6.50. The molecule has 0 amide bonds. The Labute approximate surface area is 137 Å². The fourth-order valence-corrected chi connectivity index (χ4v) is 2.85. The molecule has 2 aromatic rings. The molecule has 0 aliphatic rings. The average Bonchev–Trinajstić information content (AvgIpc) is 2.45. The third kappa shape index (κ3) is 3.15. The van der Waals surface area contributed by atoms with E-state index in [2.05, 4.69) is 25.1 Å². The van der Waals surface area contributed by atoms with E-state index in [4.69, 9.17) is 9.47 Å². The first kappa shape index (κ1) is 17.6. The Bertz CT molecular complexity index is 854. The van der Waals surface area contributed by atoms with E-state index in [9.17, 15) is 21.6 Å². The summed E-state index contributed by atoms with van der Waals surface area (Å²) < 4.78 is 74.8. The fourth-order valence-electron chi connectivity index (χ4n) is 1.81. The number of hydrogen-bond donors (Lipinski definition) is 0. The van der Waals surface area contributed by atoms with Crippen molar-refractivity contribution < 1.29 is 35.2 Å². The van der Waals surface area contributed by atoms with Gasteiger partial charge in [-0.15, -0.1) is 0 Å². The molecule has 23 heavy (non-hydrogen) atoms. The molecule has 0 aliphatic carbocycles. The highest BCUT2D eigenvalue weighted by Crippen LogP contribution is 2.44. The third-order valence-corrected chi connectivity index (χ3v) is 4.31. The van der Waals surface area contributed by atoms with Gasteiger partial charge >= 0.3 is 15.6 Å². The number of rotatable bonds is 4. The number of fused-ring (bicyclic) bond motifs is 1. The van der Waals surface area contributed by atoms with Crippen molar-refractivity contribution in [3.05, 3.63) is 22.8 Å². The van der Waals surface area contributed by atoms with Crippen LogP contribution in [0.1, 0.15) is 0 Å². The maximum Gasteiger partial charge on any atom is 0.534 e. The number of aromatic nitrogens is 1. The van der Waals surface area contributed by atoms with Gasteiger partial charge in [0.25, 0.3) is 0 Å². The van der Waals surface area contributed by atoms with Crippen LogP contribution >= 0.6 is 15.9 Å². The minimum Gasteiger partial charge on any atom is -0.495 e. The van der Waals surface area contributed by atoms with Crippen molar-refractivity contribution in [1.29, 1.82) is 0 Å². The summed E-state index contributed by atoms with van der Waals surface area (Å²) in [5, 5.41) is -0.0750. The summed E-state index contributed by atoms with van der Waals surface area (Å²) in [5.74, 6) is -0.326. The minimum atomic E-state index is -5.84. The predicted molar refractivity (Wildman–Crippen MR) is 78.1 cm³/mol. The Hall–Kier alpha value is -1.75. The van der Waals surface area contributed by atoms with E-state index in [0.29, 0.717) is 4.47 Å². The number of benzene rings is 1. The molecule has 0 bridgehead atoms. The number of halogens is 4. The predicted octanol–water partition coefficient (Wildman–Crippen LogP) is 3.24. The first-order chi connectivity index (χ1) is 10.6. The Morgan fingerprint density at radius 2 is 1.83 bits per heavy atom. The Morgan fingerprint density at radius 3 is 2.35 bits per heavy atom. The lowest BCUT2D eigenvalue weighted by molar-refractivity contribution is -0.0499. The summed E-state index contributed by atoms with van der Waals surface area (Å²) >= 11 is 3.16. The average molecular weight is 416 g/mol. The molecule has 11 heteroatoms. The van der Waals surface area contributed by atoms with Crippen molar-refractivity contribution in [2.45, 2.75) is 5.51 Å². The van der Waals surface area contributed by atoms with E-state index >= 15 is 0 Å². The summed E-state index contributed by atoms with van der Waals surface area (Å²) in [6, 6.07) is 2.47. The molecule has 1 aromatic heterocycles. The molecule has 0 aliphatic heterocycles. The molecule has 0 radical (unpaired) electrons. The maximum absolute atomic E-state index is 12.5. The summed E-state index contributed by atoms with van der Waals surface area (Å²) in [6.07, 6.45) is 1.10. The van der Waals surface area contributed by atoms with E-state index in [-0.39, 0.29) is 22.4 Å². The van der Waals surface area contributed by atoms with Crippen LogP contribution in [0, 0.1) is 0 Å². The Kier molecular flexibility index (Phi) is 4.62. The van der Waals surface area contributed by atoms with Crippen LogP contribution in [0.2, 0.25) is 0 Å². The molecule has 2 rings (SSSR count). The number of nitrogens with zero attached hydrogens (tertiary/aromatic N) is 1. The first-order valence-corrected chi connectivity index (χ1v) is 8.02. The number of hydrogen-bond acceptors (Lipinski definition) is 6. The zero-order valence-corrected chi connectivity index (χ0v) is 14.0. The lowest BCUT2D eigenvalue weighted by Crippen LogP contribution is -2.28. The zero-order valence-electron chi connectivity index (χ0n) is 11.6. The van der Waals surface area contributed by atoms with E-state index in [1.54, 1.807) is 0 Å². The highest BCUT2D eigenvalue weighted by Gasteiger charge is 2.49. The number of alkyl halides is 3. The van der Waals surface area contributed by atoms with Gasteiger partial charge in [0.05, 0.1) is 24.1 Å². The SMILES string of the molecule is COc1cc(Br)c(OC)c2c(OS(=O)(=O)C(F)(F)F)ccnc12. The molecule has 6 nitrogen and oxygen atoms in total. The molecular weight excluding hydrogens is 407 g/mol. The van der Waals surface area contributed by atoms with Gasteiger partial charge in [0.1, 0.15) is 17.0 Å². The van der Waals surface area contributed by atoms with Crippen molar-refractivity contribution in [3.63, 3.8) is 0 Å². The lowest BCUT2D eigenvalue weighted by atomic mass is 10.1. The van der Waals surface area contributed by atoms with Crippen LogP contribution in [0.5, 0.6) is 17.2 Å². The normalized spacial score (nSPS) is 12.3. The molecule has 0 atom stereocenters. The van der Waals surface area contributed by atoms with Gasteiger partial charge < -0.3 is 13.7 Å². The van der Waals surface area contributed by atoms with Gasteiger partial charge in [0.2, 0.25) is 0 Å². The summed E-state index contributed by atoms with van der Waals surface area (Å²) in [7, 11) is -3.25. The van der Waals surface area contributed by atoms with Crippen molar-refractivity contribution in [2.24, 2.45) is 0 Å². The second kappa shape index (κ2) is 6.04. The van der Waals surface area contributed by atoms with Crippen LogP contribution in [0.4, 0.5) is 13.2 Å². The van der Waals surface area contributed by atoms with Crippen LogP contribution in [0.15, 0.2) is 22.8 Å². The second-order valence-electron chi connectivity index (χ2n) is 4.11. The van der Waals surface area contributed by atoms with Crippen molar-refractivity contribution >= 4 is 37.0 Å². The summed E-state index contributed by atoms with van der Waals surface area (Å²) in [6.45, 7) is 0. The topological polar surface area (TPSA) is 74.7 Å². The van der Waals surface area contributed by atoms with Crippen molar-refractivity contribution in [1.82, 2.24) is 4.98 Å². The van der Waals surface area contributed by atoms with Gasteiger partial charge in [0, 0.05) is 18.3 Å². The molecule has 126 valence electrons. The molecule has 0 unspecified atom stereocenters. The lowest BCUT2D eigenvalue weighted by Gasteiger charge is -2.15. The molecule has 0 saturated heterocycles. The standard InChI is InChI=1S/C12H9BrF3NO5S/c1-20-8-5-6(13)11(21-2)9-7(3-4-17-10(8)9)22-23(18,19)12(14,15)16/h3-5H,1-2H3. The van der Waals surface area contributed by atoms with Gasteiger partial charge in [-0.1, -0.05) is 0 Å². The van der Waals surface area contributed by atoms with Crippen LogP contribution in [0.25, 0.3) is 10.9 Å². The first-order valence-electron chi connectivity index (χ1n) is 5.82. The van der Waals surface area contributed by atoms with E-state index in [0.717, 1.165) is 12.3 Å². The van der Waals surface area contributed by atoms with Crippen LogP contribution in [0.3, 0.4) is 0 Å². The van der Waals surface area contributed by atoms with Crippen molar-refractivity contribution in [3.8, 4) is 17.2 Å². The van der Waals surface area contributed by atoms with Crippen LogP contribution < -0.4 is 13.7 Å². The number of pyridine rings is 1. The van der Waals surface area contributed by atoms with E-state index < -0.39 is 21.4 Å². The monoisotopic (exact) mass is 415 g/mol. The number of methoxy groups -OCH3 is 2. The molecule has 1 aromatic carbocycles. The molecule has 0 fully saturated rings. The smallest absolute Gasteiger partial charge is 0.495 e. The quantitative estimate of drug-likeness (QED) is 0.563. The highest BCUT2D eigenvalue weighted by molar-refractivity contribution is 9.10. The third-order valence-electron chi connectivity index (χ3n) is 2.75. The van der Waals surface area contributed by atoms with Gasteiger partial charge in [-0.25, -0.2) is 0 Å². The van der Waals surface area contributed by atoms with Crippen molar-refractivity contribution in [2.75, 3.05) is 14.2 Å². The Balaban J connectivity index is 2.78. The Morgan fingerprint density at radius 1 is 1.17 bits per heavy atom. The minimum absolute atomic E-state index is 0.0567. The van der Waals surface area contributed by atoms with Gasteiger partial charge in [-0.2, -0.15) is 21.6 Å². The highest BCUT2D eigenvalue weighted by atomic mass is 79.9. The molecule has 0 N–H and O–H groups in total.